The first-order valence-electron chi connectivity index (χ1n) is 5.31. The molecule has 0 heterocycles. The molecule has 0 radical (unpaired) electrons. The second kappa shape index (κ2) is 6.25. The number of para-hydroxylation sites is 1. The number of amidine groups is 1. The summed E-state index contributed by atoms with van der Waals surface area (Å²) in [6.07, 6.45) is 1.57. The Balaban J connectivity index is 2.63. The van der Waals surface area contributed by atoms with E-state index in [1.54, 1.807) is 24.3 Å². The van der Waals surface area contributed by atoms with E-state index in [-0.39, 0.29) is 18.2 Å². The molecular weight excluding hydrogens is 256 g/mol. The Kier molecular flexibility index (Phi) is 4.96. The molecule has 3 N–H and O–H groups in total. The zero-order chi connectivity index (χ0) is 13.6. The molecule has 100 valence electrons. The first-order valence-corrected chi connectivity index (χ1v) is 7.37. The number of nitrogens with two attached hydrogens (primary N) is 1. The van der Waals surface area contributed by atoms with Gasteiger partial charge in [-0.15, -0.1) is 0 Å². The van der Waals surface area contributed by atoms with E-state index in [2.05, 4.69) is 5.16 Å². The number of sulfone groups is 1. The number of ether oxygens (including phenoxy) is 1. The van der Waals surface area contributed by atoms with Gasteiger partial charge in [-0.3, -0.25) is 0 Å². The Morgan fingerprint density at radius 3 is 2.72 bits per heavy atom. The smallest absolute Gasteiger partial charge is 0.173 e. The summed E-state index contributed by atoms with van der Waals surface area (Å²) in [4.78, 5) is 0. The molecule has 0 spiro atoms. The predicted octanol–water partition coefficient (Wildman–Crippen LogP) is 0.595. The highest BCUT2D eigenvalue weighted by atomic mass is 32.2. The monoisotopic (exact) mass is 272 g/mol. The molecule has 0 aliphatic carbocycles. The summed E-state index contributed by atoms with van der Waals surface area (Å²) in [6, 6.07) is 6.81. The second-order valence-electron chi connectivity index (χ2n) is 3.81. The summed E-state index contributed by atoms with van der Waals surface area (Å²) < 4.78 is 27.3. The van der Waals surface area contributed by atoms with Crippen LogP contribution in [0.4, 0.5) is 0 Å². The van der Waals surface area contributed by atoms with E-state index >= 15 is 0 Å². The molecule has 7 heteroatoms. The highest BCUT2D eigenvalue weighted by molar-refractivity contribution is 7.90. The van der Waals surface area contributed by atoms with E-state index in [4.69, 9.17) is 15.7 Å². The van der Waals surface area contributed by atoms with Crippen molar-refractivity contribution in [2.45, 2.75) is 6.42 Å². The fourth-order valence-corrected chi connectivity index (χ4v) is 2.00. The molecule has 1 aromatic rings. The van der Waals surface area contributed by atoms with Crippen LogP contribution in [0.2, 0.25) is 0 Å². The van der Waals surface area contributed by atoms with Crippen molar-refractivity contribution in [2.24, 2.45) is 10.9 Å². The van der Waals surface area contributed by atoms with Crippen LogP contribution in [0.15, 0.2) is 29.4 Å². The molecule has 0 amide bonds. The number of hydrogen-bond acceptors (Lipinski definition) is 5. The van der Waals surface area contributed by atoms with Gasteiger partial charge in [-0.1, -0.05) is 17.3 Å². The van der Waals surface area contributed by atoms with Gasteiger partial charge in [0.15, 0.2) is 5.84 Å². The van der Waals surface area contributed by atoms with Crippen LogP contribution in [0.1, 0.15) is 12.0 Å². The summed E-state index contributed by atoms with van der Waals surface area (Å²) in [5.41, 5.74) is 5.96. The molecule has 1 rings (SSSR count). The molecule has 0 atom stereocenters. The Morgan fingerprint density at radius 2 is 2.11 bits per heavy atom. The first kappa shape index (κ1) is 14.3. The van der Waals surface area contributed by atoms with Crippen molar-refractivity contribution in [3.63, 3.8) is 0 Å². The number of hydrogen-bond donors (Lipinski definition) is 2. The third-order valence-corrected chi connectivity index (χ3v) is 3.22. The number of benzene rings is 1. The summed E-state index contributed by atoms with van der Waals surface area (Å²) >= 11 is 0. The standard InChI is InChI=1S/C11H16N2O4S/c1-18(15,16)8-4-7-17-10-6-3-2-5-9(10)11(12)13-14/h2-3,5-6,14H,4,7-8H2,1H3,(H2,12,13). The van der Waals surface area contributed by atoms with Crippen LogP contribution in [0, 0.1) is 0 Å². The zero-order valence-electron chi connectivity index (χ0n) is 10.0. The number of nitrogens with zero attached hydrogens (tertiary/aromatic N) is 1. The van der Waals surface area contributed by atoms with Crippen molar-refractivity contribution in [1.29, 1.82) is 0 Å². The van der Waals surface area contributed by atoms with Gasteiger partial charge in [0.25, 0.3) is 0 Å². The number of oxime groups is 1. The fourth-order valence-electron chi connectivity index (χ4n) is 1.36. The van der Waals surface area contributed by atoms with Crippen molar-refractivity contribution >= 4 is 15.7 Å². The molecule has 0 fully saturated rings. The van der Waals surface area contributed by atoms with Crippen LogP contribution >= 0.6 is 0 Å². The second-order valence-corrected chi connectivity index (χ2v) is 6.07. The minimum Gasteiger partial charge on any atom is -0.493 e. The summed E-state index contributed by atoms with van der Waals surface area (Å²) in [5, 5.41) is 11.5. The molecule has 0 aromatic heterocycles. The van der Waals surface area contributed by atoms with Crippen molar-refractivity contribution in [3.05, 3.63) is 29.8 Å². The van der Waals surface area contributed by atoms with E-state index in [1.165, 1.54) is 6.26 Å². The molecule has 0 aliphatic heterocycles. The molecular formula is C11H16N2O4S. The Hall–Kier alpha value is -1.76. The highest BCUT2D eigenvalue weighted by Gasteiger charge is 2.08. The summed E-state index contributed by atoms with van der Waals surface area (Å²) in [6.45, 7) is 0.253. The zero-order valence-corrected chi connectivity index (χ0v) is 10.9. The molecule has 18 heavy (non-hydrogen) atoms. The molecule has 0 saturated carbocycles. The van der Waals surface area contributed by atoms with Crippen LogP contribution < -0.4 is 10.5 Å². The lowest BCUT2D eigenvalue weighted by molar-refractivity contribution is 0.312. The third-order valence-electron chi connectivity index (χ3n) is 2.19. The van der Waals surface area contributed by atoms with Crippen LogP contribution in [-0.4, -0.2) is 38.1 Å². The Morgan fingerprint density at radius 1 is 1.44 bits per heavy atom. The molecule has 0 bridgehead atoms. The van der Waals surface area contributed by atoms with Gasteiger partial charge < -0.3 is 15.7 Å². The summed E-state index contributed by atoms with van der Waals surface area (Å²) in [5.74, 6) is 0.480. The van der Waals surface area contributed by atoms with Gasteiger partial charge in [-0.05, 0) is 18.6 Å². The molecule has 6 nitrogen and oxygen atoms in total. The lowest BCUT2D eigenvalue weighted by Crippen LogP contribution is -2.15. The van der Waals surface area contributed by atoms with Crippen LogP contribution in [-0.2, 0) is 9.84 Å². The van der Waals surface area contributed by atoms with E-state index < -0.39 is 9.84 Å². The topological polar surface area (TPSA) is 102 Å². The van der Waals surface area contributed by atoms with E-state index in [9.17, 15) is 8.42 Å². The fraction of sp³-hybridized carbons (Fsp3) is 0.364. The normalized spacial score (nSPS) is 12.4. The van der Waals surface area contributed by atoms with Gasteiger partial charge in [-0.2, -0.15) is 0 Å². The van der Waals surface area contributed by atoms with Crippen LogP contribution in [0.3, 0.4) is 0 Å². The van der Waals surface area contributed by atoms with Crippen molar-refractivity contribution in [2.75, 3.05) is 18.6 Å². The molecule has 0 aliphatic rings. The number of rotatable bonds is 6. The van der Waals surface area contributed by atoms with E-state index in [0.717, 1.165) is 0 Å². The van der Waals surface area contributed by atoms with Crippen molar-refractivity contribution in [3.8, 4) is 5.75 Å². The molecule has 0 saturated heterocycles. The highest BCUT2D eigenvalue weighted by Crippen LogP contribution is 2.17. The Labute approximate surface area is 106 Å². The SMILES string of the molecule is CS(=O)(=O)CCCOc1ccccc1/C(N)=N/O. The molecule has 1 aromatic carbocycles. The first-order chi connectivity index (χ1) is 8.44. The van der Waals surface area contributed by atoms with Gasteiger partial charge in [-0.25, -0.2) is 8.42 Å². The average Bonchev–Trinajstić information content (AvgIpc) is 2.33. The Bertz CT molecular complexity index is 526. The minimum absolute atomic E-state index is 0.0475. The van der Waals surface area contributed by atoms with Gasteiger partial charge in [0.05, 0.1) is 17.9 Å². The van der Waals surface area contributed by atoms with Crippen LogP contribution in [0.5, 0.6) is 5.75 Å². The molecule has 0 unspecified atom stereocenters. The third kappa shape index (κ3) is 4.62. The summed E-state index contributed by atoms with van der Waals surface area (Å²) in [7, 11) is -2.98. The van der Waals surface area contributed by atoms with E-state index in [1.807, 2.05) is 0 Å². The van der Waals surface area contributed by atoms with Gasteiger partial charge in [0.1, 0.15) is 15.6 Å². The lowest BCUT2D eigenvalue weighted by Gasteiger charge is -2.09. The maximum atomic E-state index is 10.9. The minimum atomic E-state index is -2.98. The van der Waals surface area contributed by atoms with E-state index in [0.29, 0.717) is 17.7 Å². The van der Waals surface area contributed by atoms with Gasteiger partial charge in [0.2, 0.25) is 0 Å². The van der Waals surface area contributed by atoms with Crippen molar-refractivity contribution < 1.29 is 18.4 Å². The van der Waals surface area contributed by atoms with Gasteiger partial charge >= 0.3 is 0 Å². The van der Waals surface area contributed by atoms with Crippen LogP contribution in [0.25, 0.3) is 0 Å². The van der Waals surface area contributed by atoms with Crippen molar-refractivity contribution in [1.82, 2.24) is 0 Å². The lowest BCUT2D eigenvalue weighted by atomic mass is 10.2. The predicted molar refractivity (Wildman–Crippen MR) is 68.8 cm³/mol. The van der Waals surface area contributed by atoms with Gasteiger partial charge in [0, 0.05) is 6.26 Å². The maximum absolute atomic E-state index is 10.9. The maximum Gasteiger partial charge on any atom is 0.173 e. The quantitative estimate of drug-likeness (QED) is 0.259. The average molecular weight is 272 g/mol. The largest absolute Gasteiger partial charge is 0.493 e.